The lowest BCUT2D eigenvalue weighted by atomic mass is 9.95. The van der Waals surface area contributed by atoms with E-state index in [2.05, 4.69) is 35.2 Å². The van der Waals surface area contributed by atoms with Gasteiger partial charge in [-0.05, 0) is 48.7 Å². The SMILES string of the molecule is N#Cc1ccccc1-c1ccc(CN2CCC(C(N)=O)CC2)cc1. The average Bonchev–Trinajstić information content (AvgIpc) is 2.63. The zero-order valence-corrected chi connectivity index (χ0v) is 13.6. The van der Waals surface area contributed by atoms with Gasteiger partial charge in [-0.15, -0.1) is 0 Å². The van der Waals surface area contributed by atoms with Gasteiger partial charge in [-0.1, -0.05) is 42.5 Å². The van der Waals surface area contributed by atoms with E-state index in [1.807, 2.05) is 24.3 Å². The van der Waals surface area contributed by atoms with Gasteiger partial charge in [-0.3, -0.25) is 9.69 Å². The number of carbonyl (C=O) groups is 1. The fraction of sp³-hybridized carbons (Fsp3) is 0.300. The van der Waals surface area contributed by atoms with Crippen LogP contribution in [0, 0.1) is 17.2 Å². The van der Waals surface area contributed by atoms with E-state index in [-0.39, 0.29) is 11.8 Å². The summed E-state index contributed by atoms with van der Waals surface area (Å²) < 4.78 is 0. The van der Waals surface area contributed by atoms with Gasteiger partial charge in [0.25, 0.3) is 0 Å². The molecule has 2 aromatic rings. The maximum absolute atomic E-state index is 11.2. The van der Waals surface area contributed by atoms with Crippen molar-refractivity contribution >= 4 is 5.91 Å². The second-order valence-electron chi connectivity index (χ2n) is 6.31. The summed E-state index contributed by atoms with van der Waals surface area (Å²) in [5, 5.41) is 9.22. The smallest absolute Gasteiger partial charge is 0.220 e. The van der Waals surface area contributed by atoms with E-state index in [1.165, 1.54) is 5.56 Å². The molecule has 0 aliphatic carbocycles. The minimum absolute atomic E-state index is 0.0334. The molecule has 1 fully saturated rings. The van der Waals surface area contributed by atoms with Crippen LogP contribution < -0.4 is 5.73 Å². The third-order valence-electron chi connectivity index (χ3n) is 4.71. The Morgan fingerprint density at radius 2 is 1.79 bits per heavy atom. The third kappa shape index (κ3) is 3.64. The average molecular weight is 319 g/mol. The highest BCUT2D eigenvalue weighted by atomic mass is 16.1. The van der Waals surface area contributed by atoms with Crippen molar-refractivity contribution in [2.75, 3.05) is 13.1 Å². The first-order chi connectivity index (χ1) is 11.7. The molecule has 0 atom stereocenters. The number of primary amides is 1. The Hall–Kier alpha value is -2.64. The molecule has 24 heavy (non-hydrogen) atoms. The molecule has 2 aromatic carbocycles. The van der Waals surface area contributed by atoms with Gasteiger partial charge in [0, 0.05) is 12.5 Å². The minimum atomic E-state index is -0.171. The predicted octanol–water partition coefficient (Wildman–Crippen LogP) is 2.92. The van der Waals surface area contributed by atoms with Gasteiger partial charge in [-0.25, -0.2) is 0 Å². The summed E-state index contributed by atoms with van der Waals surface area (Å²) in [4.78, 5) is 13.6. The Balaban J connectivity index is 1.66. The summed E-state index contributed by atoms with van der Waals surface area (Å²) in [6, 6.07) is 18.3. The number of nitriles is 1. The standard InChI is InChI=1S/C20H21N3O/c21-13-18-3-1-2-4-19(18)16-7-5-15(6-8-16)14-23-11-9-17(10-12-23)20(22)24/h1-8,17H,9-12,14H2,(H2,22,24). The molecule has 4 heteroatoms. The molecule has 3 rings (SSSR count). The van der Waals surface area contributed by atoms with E-state index in [9.17, 15) is 10.1 Å². The van der Waals surface area contributed by atoms with Gasteiger partial charge in [0.1, 0.15) is 0 Å². The Morgan fingerprint density at radius 1 is 1.12 bits per heavy atom. The number of hydrogen-bond donors (Lipinski definition) is 1. The van der Waals surface area contributed by atoms with Crippen molar-refractivity contribution in [3.8, 4) is 17.2 Å². The van der Waals surface area contributed by atoms with Gasteiger partial charge in [0.15, 0.2) is 0 Å². The van der Waals surface area contributed by atoms with E-state index in [0.717, 1.165) is 43.6 Å². The first-order valence-corrected chi connectivity index (χ1v) is 8.27. The Bertz CT molecular complexity index is 753. The normalized spacial score (nSPS) is 15.8. The number of amides is 1. The zero-order chi connectivity index (χ0) is 16.9. The van der Waals surface area contributed by atoms with Crippen LogP contribution >= 0.6 is 0 Å². The lowest BCUT2D eigenvalue weighted by Gasteiger charge is -2.30. The first kappa shape index (κ1) is 16.2. The Labute approximate surface area is 142 Å². The molecular weight excluding hydrogens is 298 g/mol. The number of benzene rings is 2. The topological polar surface area (TPSA) is 70.1 Å². The summed E-state index contributed by atoms with van der Waals surface area (Å²) in [5.41, 5.74) is 9.34. The lowest BCUT2D eigenvalue weighted by molar-refractivity contribution is -0.123. The maximum atomic E-state index is 11.2. The Morgan fingerprint density at radius 3 is 2.42 bits per heavy atom. The fourth-order valence-corrected chi connectivity index (χ4v) is 3.26. The van der Waals surface area contributed by atoms with Gasteiger partial charge < -0.3 is 5.73 Å². The van der Waals surface area contributed by atoms with Crippen molar-refractivity contribution < 1.29 is 4.79 Å². The van der Waals surface area contributed by atoms with Crippen molar-refractivity contribution in [1.29, 1.82) is 5.26 Å². The summed E-state index contributed by atoms with van der Waals surface area (Å²) in [7, 11) is 0. The number of hydrogen-bond acceptors (Lipinski definition) is 3. The lowest BCUT2D eigenvalue weighted by Crippen LogP contribution is -2.38. The highest BCUT2D eigenvalue weighted by Crippen LogP contribution is 2.24. The molecule has 0 bridgehead atoms. The molecule has 0 unspecified atom stereocenters. The summed E-state index contributed by atoms with van der Waals surface area (Å²) in [6.45, 7) is 2.70. The van der Waals surface area contributed by atoms with Crippen LogP contribution in [0.1, 0.15) is 24.0 Å². The monoisotopic (exact) mass is 319 g/mol. The Kier molecular flexibility index (Phi) is 4.93. The largest absolute Gasteiger partial charge is 0.369 e. The quantitative estimate of drug-likeness (QED) is 0.942. The van der Waals surface area contributed by atoms with Crippen molar-refractivity contribution in [3.05, 3.63) is 59.7 Å². The first-order valence-electron chi connectivity index (χ1n) is 8.27. The molecule has 1 saturated heterocycles. The highest BCUT2D eigenvalue weighted by molar-refractivity contribution is 5.76. The van der Waals surface area contributed by atoms with Crippen LogP contribution in [0.4, 0.5) is 0 Å². The minimum Gasteiger partial charge on any atom is -0.369 e. The van der Waals surface area contributed by atoms with Crippen LogP contribution in [-0.2, 0) is 11.3 Å². The number of carbonyl (C=O) groups excluding carboxylic acids is 1. The second-order valence-corrected chi connectivity index (χ2v) is 6.31. The summed E-state index contributed by atoms with van der Waals surface area (Å²) in [6.07, 6.45) is 1.70. The van der Waals surface area contributed by atoms with Crippen LogP contribution in [0.2, 0.25) is 0 Å². The zero-order valence-electron chi connectivity index (χ0n) is 13.6. The van der Waals surface area contributed by atoms with Gasteiger partial charge >= 0.3 is 0 Å². The molecule has 0 aromatic heterocycles. The highest BCUT2D eigenvalue weighted by Gasteiger charge is 2.22. The molecule has 4 nitrogen and oxygen atoms in total. The van der Waals surface area contributed by atoms with E-state index in [0.29, 0.717) is 5.56 Å². The molecule has 1 amide bonds. The van der Waals surface area contributed by atoms with E-state index < -0.39 is 0 Å². The van der Waals surface area contributed by atoms with E-state index in [4.69, 9.17) is 5.73 Å². The molecule has 0 saturated carbocycles. The van der Waals surface area contributed by atoms with Crippen molar-refractivity contribution in [2.45, 2.75) is 19.4 Å². The molecule has 1 aliphatic heterocycles. The van der Waals surface area contributed by atoms with Crippen LogP contribution in [0.5, 0.6) is 0 Å². The number of likely N-dealkylation sites (tertiary alicyclic amines) is 1. The number of nitrogens with two attached hydrogens (primary N) is 1. The van der Waals surface area contributed by atoms with Gasteiger partial charge in [0.05, 0.1) is 11.6 Å². The number of piperidine rings is 1. The molecule has 1 aliphatic rings. The van der Waals surface area contributed by atoms with Crippen LogP contribution in [0.25, 0.3) is 11.1 Å². The van der Waals surface area contributed by atoms with E-state index >= 15 is 0 Å². The van der Waals surface area contributed by atoms with Crippen LogP contribution in [-0.4, -0.2) is 23.9 Å². The molecular formula is C20H21N3O. The maximum Gasteiger partial charge on any atom is 0.220 e. The van der Waals surface area contributed by atoms with Crippen LogP contribution in [0.15, 0.2) is 48.5 Å². The van der Waals surface area contributed by atoms with Gasteiger partial charge in [0.2, 0.25) is 5.91 Å². The number of nitrogens with zero attached hydrogens (tertiary/aromatic N) is 2. The number of rotatable bonds is 4. The van der Waals surface area contributed by atoms with Crippen molar-refractivity contribution in [3.63, 3.8) is 0 Å². The molecule has 0 radical (unpaired) electrons. The van der Waals surface area contributed by atoms with Crippen molar-refractivity contribution in [1.82, 2.24) is 4.90 Å². The molecule has 0 spiro atoms. The molecule has 2 N–H and O–H groups in total. The van der Waals surface area contributed by atoms with Crippen LogP contribution in [0.3, 0.4) is 0 Å². The summed E-state index contributed by atoms with van der Waals surface area (Å²) >= 11 is 0. The van der Waals surface area contributed by atoms with Crippen molar-refractivity contribution in [2.24, 2.45) is 11.7 Å². The van der Waals surface area contributed by atoms with E-state index in [1.54, 1.807) is 0 Å². The predicted molar refractivity (Wildman–Crippen MR) is 93.8 cm³/mol. The fourth-order valence-electron chi connectivity index (χ4n) is 3.26. The molecule has 1 heterocycles. The molecule has 122 valence electrons. The summed E-state index contributed by atoms with van der Waals surface area (Å²) in [5.74, 6) is -0.138. The second kappa shape index (κ2) is 7.29. The third-order valence-corrected chi connectivity index (χ3v) is 4.71. The van der Waals surface area contributed by atoms with Gasteiger partial charge in [-0.2, -0.15) is 5.26 Å².